The second kappa shape index (κ2) is 50.4. The summed E-state index contributed by atoms with van der Waals surface area (Å²) in [5.74, 6) is -18.3. The number of nitrogens with two attached hydrogens (primary N) is 3. The van der Waals surface area contributed by atoms with E-state index >= 15 is 0 Å². The van der Waals surface area contributed by atoms with E-state index < -0.39 is 218 Å². The minimum atomic E-state index is -1.84. The van der Waals surface area contributed by atoms with Crippen LogP contribution in [0, 0.1) is 23.7 Å². The summed E-state index contributed by atoms with van der Waals surface area (Å²) in [5.41, 5.74) is 18.5. The number of aliphatic hydroxyl groups is 1. The van der Waals surface area contributed by atoms with Gasteiger partial charge in [-0.25, -0.2) is 4.79 Å². The minimum Gasteiger partial charge on any atom is -0.508 e. The predicted octanol–water partition coefficient (Wildman–Crippen LogP) is -0.720. The molecule has 1 fully saturated rings. The highest BCUT2D eigenvalue weighted by Crippen LogP contribution is 2.24. The molecule has 4 rings (SSSR count). The molecule has 0 bridgehead atoms. The summed E-state index contributed by atoms with van der Waals surface area (Å²) in [7, 11) is 0. The van der Waals surface area contributed by atoms with Crippen LogP contribution in [-0.2, 0) is 91.2 Å². The first kappa shape index (κ1) is 100. The number of rotatable bonds is 52. The van der Waals surface area contributed by atoms with E-state index in [1.165, 1.54) is 89.5 Å². The molecule has 1 saturated heterocycles. The molecule has 3 aromatic rings. The van der Waals surface area contributed by atoms with Crippen LogP contribution in [0.5, 0.6) is 17.2 Å². The van der Waals surface area contributed by atoms with Gasteiger partial charge in [-0.1, -0.05) is 111 Å². The first-order valence-electron chi connectivity index (χ1n) is 39.8. The number of carbonyl (C=O) groups excluding carboxylic acids is 12. The van der Waals surface area contributed by atoms with Crippen molar-refractivity contribution in [1.82, 2.24) is 63.4 Å². The maximum absolute atomic E-state index is 14.9. The Morgan fingerprint density at radius 1 is 0.462 bits per heavy atom. The summed E-state index contributed by atoms with van der Waals surface area (Å²) in [5, 5.41) is 98.8. The van der Waals surface area contributed by atoms with E-state index in [-0.39, 0.29) is 117 Å². The van der Waals surface area contributed by atoms with E-state index in [0.717, 1.165) is 0 Å². The molecule has 39 heteroatoms. The molecule has 119 heavy (non-hydrogen) atoms. The first-order chi connectivity index (χ1) is 56.2. The molecule has 1 aliphatic heterocycles. The number of guanidine groups is 1. The number of aliphatic carboxylic acids is 3. The third-order valence-corrected chi connectivity index (χ3v) is 21.2. The number of aliphatic hydroxyl groups excluding tert-OH is 1. The number of benzene rings is 3. The van der Waals surface area contributed by atoms with E-state index in [1.54, 1.807) is 54.7 Å². The molecule has 1 heterocycles. The molecular weight excluding hydrogens is 1570 g/mol. The highest BCUT2D eigenvalue weighted by molar-refractivity contribution is 7.98. The van der Waals surface area contributed by atoms with Gasteiger partial charge in [0.2, 0.25) is 70.9 Å². The predicted molar refractivity (Wildman–Crippen MR) is 439 cm³/mol. The Labute approximate surface area is 695 Å². The van der Waals surface area contributed by atoms with Crippen LogP contribution >= 0.6 is 11.8 Å². The number of nitrogens with zero attached hydrogens (tertiary/aromatic N) is 2. The number of thioether (sulfide) groups is 1. The number of carboxylic acid groups (broad SMARTS) is 3. The third kappa shape index (κ3) is 33.9. The first-order valence-corrected chi connectivity index (χ1v) is 41.2. The van der Waals surface area contributed by atoms with Gasteiger partial charge in [0.1, 0.15) is 89.8 Å². The van der Waals surface area contributed by atoms with E-state index in [2.05, 4.69) is 63.5 Å². The lowest BCUT2D eigenvalue weighted by atomic mass is 9.95. The lowest BCUT2D eigenvalue weighted by molar-refractivity contribution is -0.142. The zero-order valence-electron chi connectivity index (χ0n) is 68.7. The fourth-order valence-electron chi connectivity index (χ4n) is 12.8. The third-order valence-electron chi connectivity index (χ3n) is 20.5. The number of amides is 12. The van der Waals surface area contributed by atoms with Crippen LogP contribution in [0.2, 0.25) is 0 Å². The molecule has 0 radical (unpaired) electrons. The number of likely N-dealkylation sites (tertiary alicyclic amines) is 1. The molecule has 0 spiro atoms. The lowest BCUT2D eigenvalue weighted by Crippen LogP contribution is -2.62. The monoisotopic (exact) mass is 1690 g/mol. The smallest absolute Gasteiger partial charge is 0.326 e. The number of phenols is 3. The molecule has 658 valence electrons. The van der Waals surface area contributed by atoms with E-state index in [4.69, 9.17) is 17.2 Å². The zero-order valence-corrected chi connectivity index (χ0v) is 69.5. The van der Waals surface area contributed by atoms with E-state index in [9.17, 15) is 108 Å². The SMILES string of the molecule is CC[C@H](C)[C@H](N)C(=O)N1CCC[C@H]1C(=O)N[C@@H](Cc1ccc(O)cc1)C(=O)N[C@@H](CO)C(=O)N[C@@H](CCSC)C(=O)N[C@@H](CCC(=O)O)C(=O)N[C@@H](Cc1ccc(O)cc1)C(=O)N[C@@H](CCC(=O)O)C(=O)N[C@H](C(=O)N[C@@H](CC(C)C)C(=O)N[C@H](C(=O)N[C@@H](CCCN=C(N)N)C(=O)N[C@@H](Cc1ccc(O)cc1)C(=O)O)[C@@H](C)CC)[C@@H](C)CC. The van der Waals surface area contributed by atoms with Crippen molar-refractivity contribution < 1.29 is 108 Å². The van der Waals surface area contributed by atoms with Crippen molar-refractivity contribution in [2.24, 2.45) is 45.9 Å². The van der Waals surface area contributed by atoms with Gasteiger partial charge in [-0.05, 0) is 140 Å². The summed E-state index contributed by atoms with van der Waals surface area (Å²) in [6, 6.07) is -3.12. The van der Waals surface area contributed by atoms with Gasteiger partial charge in [-0.15, -0.1) is 0 Å². The quantitative estimate of drug-likeness (QED) is 0.0188. The van der Waals surface area contributed by atoms with Gasteiger partial charge in [0.25, 0.3) is 0 Å². The molecule has 0 unspecified atom stereocenters. The molecule has 38 nitrogen and oxygen atoms in total. The Kier molecular flexibility index (Phi) is 42.4. The van der Waals surface area contributed by atoms with Crippen LogP contribution in [0.1, 0.15) is 156 Å². The second-order valence-electron chi connectivity index (χ2n) is 30.3. The summed E-state index contributed by atoms with van der Waals surface area (Å²) in [6.07, 6.45) is -0.638. The maximum Gasteiger partial charge on any atom is 0.326 e. The van der Waals surface area contributed by atoms with Crippen molar-refractivity contribution >= 4 is 107 Å². The normalized spacial score (nSPS) is 16.3. The Morgan fingerprint density at radius 3 is 1.22 bits per heavy atom. The van der Waals surface area contributed by atoms with Crippen molar-refractivity contribution in [3.05, 3.63) is 89.5 Å². The maximum atomic E-state index is 14.9. The number of hydrogen-bond donors (Lipinski definition) is 21. The van der Waals surface area contributed by atoms with Crippen LogP contribution in [0.15, 0.2) is 77.8 Å². The van der Waals surface area contributed by atoms with Crippen LogP contribution < -0.4 is 75.7 Å². The summed E-state index contributed by atoms with van der Waals surface area (Å²) < 4.78 is 0. The van der Waals surface area contributed by atoms with Gasteiger partial charge < -0.3 is 116 Å². The van der Waals surface area contributed by atoms with E-state index in [0.29, 0.717) is 24.0 Å². The van der Waals surface area contributed by atoms with Gasteiger partial charge in [0.05, 0.1) is 12.6 Å². The molecule has 16 atom stereocenters. The number of hydrogen-bond acceptors (Lipinski definition) is 22. The Bertz CT molecular complexity index is 3950. The molecule has 1 aliphatic rings. The molecule has 0 aliphatic carbocycles. The van der Waals surface area contributed by atoms with Crippen LogP contribution in [0.3, 0.4) is 0 Å². The van der Waals surface area contributed by atoms with Crippen molar-refractivity contribution in [1.29, 1.82) is 0 Å². The zero-order chi connectivity index (χ0) is 88.9. The summed E-state index contributed by atoms with van der Waals surface area (Å²) in [4.78, 5) is 215. The Balaban J connectivity index is 1.63. The highest BCUT2D eigenvalue weighted by atomic mass is 32.2. The number of nitrogens with one attached hydrogen (secondary N) is 11. The van der Waals surface area contributed by atoms with Gasteiger partial charge in [-0.2, -0.15) is 11.8 Å². The van der Waals surface area contributed by atoms with Gasteiger partial charge in [0, 0.05) is 45.2 Å². The largest absolute Gasteiger partial charge is 0.508 e. The summed E-state index contributed by atoms with van der Waals surface area (Å²) >= 11 is 1.22. The summed E-state index contributed by atoms with van der Waals surface area (Å²) in [6.45, 7) is 12.9. The van der Waals surface area contributed by atoms with Crippen LogP contribution in [-0.4, -0.2) is 246 Å². The van der Waals surface area contributed by atoms with Crippen molar-refractivity contribution in [3.63, 3.8) is 0 Å². The van der Waals surface area contributed by atoms with Crippen LogP contribution in [0.4, 0.5) is 0 Å². The second-order valence-corrected chi connectivity index (χ2v) is 31.2. The van der Waals surface area contributed by atoms with Crippen molar-refractivity contribution in [2.45, 2.75) is 237 Å². The number of aromatic hydroxyl groups is 3. The molecule has 0 saturated carbocycles. The number of carboxylic acids is 3. The van der Waals surface area contributed by atoms with E-state index in [1.807, 2.05) is 6.92 Å². The molecule has 3 aromatic carbocycles. The average Bonchev–Trinajstić information content (AvgIpc) is 1.70. The Hall–Kier alpha value is -11.4. The lowest BCUT2D eigenvalue weighted by Gasteiger charge is -2.31. The minimum absolute atomic E-state index is 0.00277. The average molecular weight is 1690 g/mol. The van der Waals surface area contributed by atoms with Gasteiger partial charge in [0.15, 0.2) is 5.96 Å². The molecule has 12 amide bonds. The van der Waals surface area contributed by atoms with Crippen molar-refractivity contribution in [2.75, 3.05) is 31.7 Å². The molecule has 24 N–H and O–H groups in total. The Morgan fingerprint density at radius 2 is 0.815 bits per heavy atom. The molecular formula is C80H120N16O22S. The fraction of sp³-hybridized carbons (Fsp3) is 0.575. The van der Waals surface area contributed by atoms with Gasteiger partial charge >= 0.3 is 17.9 Å². The number of phenolic OH excluding ortho intramolecular Hbond substituents is 3. The fourth-order valence-corrected chi connectivity index (χ4v) is 13.3. The number of aliphatic imine (C=N–C) groups is 1. The standard InChI is InChI=1S/C80H120N16O22S/c1-10-43(6)64(81)78(116)96-35-14-16-61(96)75(113)90-58(39-47-19-25-50(99)26-20-47)72(110)93-60(41-97)74(112)87-55(33-36-119-9)69(107)85-53(29-31-62(101)102)68(106)89-57(38-46-17-23-49(98)24-18-46)71(109)86-54(30-32-63(103)104)70(108)94-66(45(8)12-3)77(115)91-56(37-42(4)5)73(111)95-65(44(7)11-2)76(114)88-52(15-13-34-84-80(82)83)67(105)92-59(79(117)118)40-48-21-27-51(100)28-22-48/h17-28,42-45,52-61,64-66,97-100H,10-16,29-41,81H2,1-9H3,(H,85,107)(H,86,109)(H,87,112)(H,88,114)(H,89,106)(H,90,113)(H,91,115)(H,92,105)(H,93,110)(H,94,108)(H,95,111)(H,101,102)(H,103,104)(H,117,118)(H4,82,83,84)/t43-,44-,45-,52-,53-,54-,55-,56-,57-,58-,59-,60-,61-,64-,65-,66-/m0/s1. The van der Waals surface area contributed by atoms with Crippen molar-refractivity contribution in [3.8, 4) is 17.2 Å². The van der Waals surface area contributed by atoms with Crippen LogP contribution in [0.25, 0.3) is 0 Å². The molecule has 0 aromatic heterocycles. The number of carbonyl (C=O) groups is 15. The van der Waals surface area contributed by atoms with Gasteiger partial charge in [-0.3, -0.25) is 72.1 Å². The highest BCUT2D eigenvalue weighted by Gasteiger charge is 2.42. The topological polar surface area (TPSA) is 624 Å².